The number of hydrogen-bond donors (Lipinski definition) is 3. The molecule has 0 saturated carbocycles. The molecule has 0 radical (unpaired) electrons. The third-order valence-corrected chi connectivity index (χ3v) is 6.68. The van der Waals surface area contributed by atoms with Crippen LogP contribution in [0.3, 0.4) is 0 Å². The van der Waals surface area contributed by atoms with Crippen LogP contribution in [0.2, 0.25) is 0 Å². The second kappa shape index (κ2) is 7.73. The molecule has 1 heterocycles. The fourth-order valence-electron chi connectivity index (χ4n) is 2.53. The third-order valence-electron chi connectivity index (χ3n) is 4.83. The van der Waals surface area contributed by atoms with Crippen molar-refractivity contribution in [1.82, 2.24) is 14.9 Å². The van der Waals surface area contributed by atoms with Gasteiger partial charge < -0.3 is 16.4 Å². The van der Waals surface area contributed by atoms with Gasteiger partial charge in [-0.15, -0.1) is 0 Å². The molecular weight excluding hydrogens is 356 g/mol. The van der Waals surface area contributed by atoms with Crippen molar-refractivity contribution in [1.29, 1.82) is 0 Å². The van der Waals surface area contributed by atoms with Crippen molar-refractivity contribution in [3.8, 4) is 0 Å². The zero-order valence-corrected chi connectivity index (χ0v) is 16.1. The smallest absolute Gasteiger partial charge is 0.251 e. The van der Waals surface area contributed by atoms with Crippen LogP contribution >= 0.6 is 0 Å². The standard InChI is InChI=1S/C17H26N4O4S/c1-12(2)17(3,11-18)20-16(23)13-5-4-6-14(9-13)26(24,25)21-8-7-19-15(22)10-21/h4-6,9,12H,7-8,10-11,18H2,1-3H3,(H,19,22)(H,20,23). The van der Waals surface area contributed by atoms with Gasteiger partial charge in [-0.05, 0) is 31.0 Å². The first-order valence-corrected chi connectivity index (χ1v) is 9.93. The van der Waals surface area contributed by atoms with Crippen LogP contribution in [0.4, 0.5) is 0 Å². The Balaban J connectivity index is 2.27. The van der Waals surface area contributed by atoms with Gasteiger partial charge in [0, 0.05) is 25.2 Å². The molecule has 1 aromatic carbocycles. The minimum Gasteiger partial charge on any atom is -0.354 e. The van der Waals surface area contributed by atoms with Crippen molar-refractivity contribution >= 4 is 21.8 Å². The summed E-state index contributed by atoms with van der Waals surface area (Å²) in [5.74, 6) is -0.625. The van der Waals surface area contributed by atoms with E-state index in [1.54, 1.807) is 6.07 Å². The Morgan fingerprint density at radius 1 is 1.42 bits per heavy atom. The number of rotatable bonds is 6. The lowest BCUT2D eigenvalue weighted by atomic mass is 9.88. The van der Waals surface area contributed by atoms with Crippen LogP contribution in [-0.2, 0) is 14.8 Å². The van der Waals surface area contributed by atoms with Crippen LogP contribution in [0, 0.1) is 5.92 Å². The summed E-state index contributed by atoms with van der Waals surface area (Å²) in [4.78, 5) is 24.1. The van der Waals surface area contributed by atoms with Crippen LogP contribution in [0.25, 0.3) is 0 Å². The predicted molar refractivity (Wildman–Crippen MR) is 98.0 cm³/mol. The van der Waals surface area contributed by atoms with E-state index in [2.05, 4.69) is 10.6 Å². The third kappa shape index (κ3) is 4.22. The highest BCUT2D eigenvalue weighted by Gasteiger charge is 2.31. The molecule has 0 aliphatic carbocycles. The number of piperazine rings is 1. The summed E-state index contributed by atoms with van der Waals surface area (Å²) in [6, 6.07) is 5.81. The summed E-state index contributed by atoms with van der Waals surface area (Å²) in [6.45, 7) is 6.26. The minimum atomic E-state index is -3.85. The Hall–Kier alpha value is -1.97. The number of nitrogens with two attached hydrogens (primary N) is 1. The molecule has 0 bridgehead atoms. The summed E-state index contributed by atoms with van der Waals surface area (Å²) in [5, 5.41) is 5.47. The maximum Gasteiger partial charge on any atom is 0.251 e. The van der Waals surface area contributed by atoms with Crippen LogP contribution in [0.1, 0.15) is 31.1 Å². The number of hydrogen-bond acceptors (Lipinski definition) is 5. The quantitative estimate of drug-likeness (QED) is 0.635. The van der Waals surface area contributed by atoms with Gasteiger partial charge in [0.05, 0.1) is 17.0 Å². The molecule has 0 spiro atoms. The van der Waals surface area contributed by atoms with E-state index in [-0.39, 0.29) is 54.4 Å². The zero-order valence-electron chi connectivity index (χ0n) is 15.3. The maximum absolute atomic E-state index is 12.8. The van der Waals surface area contributed by atoms with Gasteiger partial charge in [-0.3, -0.25) is 9.59 Å². The van der Waals surface area contributed by atoms with Gasteiger partial charge in [0.2, 0.25) is 15.9 Å². The van der Waals surface area contributed by atoms with E-state index in [9.17, 15) is 18.0 Å². The maximum atomic E-state index is 12.8. The van der Waals surface area contributed by atoms with Crippen molar-refractivity contribution in [3.05, 3.63) is 29.8 Å². The fourth-order valence-corrected chi connectivity index (χ4v) is 3.97. The first kappa shape index (κ1) is 20.3. The van der Waals surface area contributed by atoms with Gasteiger partial charge >= 0.3 is 0 Å². The fraction of sp³-hybridized carbons (Fsp3) is 0.529. The summed E-state index contributed by atoms with van der Waals surface area (Å²) >= 11 is 0. The van der Waals surface area contributed by atoms with Gasteiger partial charge in [-0.1, -0.05) is 19.9 Å². The van der Waals surface area contributed by atoms with Gasteiger partial charge in [0.1, 0.15) is 0 Å². The molecule has 2 rings (SSSR count). The Bertz CT molecular complexity index is 794. The normalized spacial score (nSPS) is 18.3. The van der Waals surface area contributed by atoms with E-state index in [1.165, 1.54) is 18.2 Å². The molecule has 1 atom stereocenters. The molecule has 26 heavy (non-hydrogen) atoms. The second-order valence-electron chi connectivity index (χ2n) is 6.95. The molecule has 1 saturated heterocycles. The van der Waals surface area contributed by atoms with Crippen LogP contribution < -0.4 is 16.4 Å². The molecule has 144 valence electrons. The van der Waals surface area contributed by atoms with Gasteiger partial charge in [-0.25, -0.2) is 8.42 Å². The molecule has 1 fully saturated rings. The SMILES string of the molecule is CC(C)C(C)(CN)NC(=O)c1cccc(S(=O)(=O)N2CCNC(=O)C2)c1. The molecular formula is C17H26N4O4S. The molecule has 2 amide bonds. The molecule has 1 aromatic rings. The summed E-state index contributed by atoms with van der Waals surface area (Å²) in [6.07, 6.45) is 0. The molecule has 4 N–H and O–H groups in total. The average Bonchev–Trinajstić information content (AvgIpc) is 2.61. The lowest BCUT2D eigenvalue weighted by Crippen LogP contribution is -2.55. The number of sulfonamides is 1. The highest BCUT2D eigenvalue weighted by atomic mass is 32.2. The van der Waals surface area contributed by atoms with E-state index in [1.807, 2.05) is 20.8 Å². The Morgan fingerprint density at radius 3 is 2.69 bits per heavy atom. The number of carbonyl (C=O) groups excluding carboxylic acids is 2. The number of benzene rings is 1. The van der Waals surface area contributed by atoms with Gasteiger partial charge in [-0.2, -0.15) is 4.31 Å². The van der Waals surface area contributed by atoms with Crippen LogP contribution in [0.5, 0.6) is 0 Å². The molecule has 8 nitrogen and oxygen atoms in total. The Morgan fingerprint density at radius 2 is 2.12 bits per heavy atom. The molecule has 1 aliphatic rings. The number of nitrogens with zero attached hydrogens (tertiary/aromatic N) is 1. The Labute approximate surface area is 154 Å². The molecule has 9 heteroatoms. The monoisotopic (exact) mass is 382 g/mol. The van der Waals surface area contributed by atoms with Gasteiger partial charge in [0.25, 0.3) is 5.91 Å². The number of amides is 2. The van der Waals surface area contributed by atoms with Gasteiger partial charge in [0.15, 0.2) is 0 Å². The zero-order chi connectivity index (χ0) is 19.5. The largest absolute Gasteiger partial charge is 0.354 e. The van der Waals surface area contributed by atoms with Crippen molar-refractivity contribution in [2.24, 2.45) is 11.7 Å². The Kier molecular flexibility index (Phi) is 6.05. The van der Waals surface area contributed by atoms with Crippen LogP contribution in [-0.4, -0.2) is 56.3 Å². The molecule has 1 unspecified atom stereocenters. The predicted octanol–water partition coefficient (Wildman–Crippen LogP) is -0.0897. The highest BCUT2D eigenvalue weighted by Crippen LogP contribution is 2.20. The topological polar surface area (TPSA) is 122 Å². The average molecular weight is 382 g/mol. The van der Waals surface area contributed by atoms with Crippen molar-refractivity contribution < 1.29 is 18.0 Å². The van der Waals surface area contributed by atoms with E-state index in [0.717, 1.165) is 4.31 Å². The summed E-state index contributed by atoms with van der Waals surface area (Å²) in [7, 11) is -3.85. The van der Waals surface area contributed by atoms with E-state index in [0.29, 0.717) is 0 Å². The highest BCUT2D eigenvalue weighted by molar-refractivity contribution is 7.89. The van der Waals surface area contributed by atoms with Crippen molar-refractivity contribution in [3.63, 3.8) is 0 Å². The molecule has 0 aromatic heterocycles. The first-order chi connectivity index (χ1) is 12.1. The summed E-state index contributed by atoms with van der Waals surface area (Å²) in [5.41, 5.74) is 5.42. The molecule has 1 aliphatic heterocycles. The second-order valence-corrected chi connectivity index (χ2v) is 8.88. The lowest BCUT2D eigenvalue weighted by Gasteiger charge is -2.33. The van der Waals surface area contributed by atoms with Crippen molar-refractivity contribution in [2.45, 2.75) is 31.2 Å². The van der Waals surface area contributed by atoms with Crippen molar-refractivity contribution in [2.75, 3.05) is 26.2 Å². The lowest BCUT2D eigenvalue weighted by molar-refractivity contribution is -0.122. The number of carbonyl (C=O) groups is 2. The van der Waals surface area contributed by atoms with E-state index < -0.39 is 15.6 Å². The summed E-state index contributed by atoms with van der Waals surface area (Å²) < 4.78 is 26.6. The number of nitrogens with one attached hydrogen (secondary N) is 2. The van der Waals surface area contributed by atoms with E-state index in [4.69, 9.17) is 5.73 Å². The van der Waals surface area contributed by atoms with E-state index >= 15 is 0 Å². The minimum absolute atomic E-state index is 0.0150. The first-order valence-electron chi connectivity index (χ1n) is 8.49. The van der Waals surface area contributed by atoms with Crippen LogP contribution in [0.15, 0.2) is 29.2 Å².